The van der Waals surface area contributed by atoms with Crippen LogP contribution in [0.15, 0.2) is 54.6 Å². The predicted molar refractivity (Wildman–Crippen MR) is 70.2 cm³/mol. The summed E-state index contributed by atoms with van der Waals surface area (Å²) < 4.78 is 0. The van der Waals surface area contributed by atoms with Gasteiger partial charge in [-0.2, -0.15) is 0 Å². The van der Waals surface area contributed by atoms with Gasteiger partial charge in [0.15, 0.2) is 0 Å². The molecule has 1 unspecified atom stereocenters. The SMILES string of the molecule is Oc1cccc(O)c1C(O)C=Cc1ccccc1. The summed E-state index contributed by atoms with van der Waals surface area (Å²) in [6, 6.07) is 13.8. The lowest BCUT2D eigenvalue weighted by atomic mass is 10.1. The lowest BCUT2D eigenvalue weighted by molar-refractivity contribution is 0.219. The molecule has 0 heterocycles. The fourth-order valence-corrected chi connectivity index (χ4v) is 1.71. The van der Waals surface area contributed by atoms with Gasteiger partial charge in [0.2, 0.25) is 0 Å². The van der Waals surface area contributed by atoms with Gasteiger partial charge in [0.25, 0.3) is 0 Å². The smallest absolute Gasteiger partial charge is 0.125 e. The summed E-state index contributed by atoms with van der Waals surface area (Å²) in [6.45, 7) is 0. The van der Waals surface area contributed by atoms with Crippen molar-refractivity contribution in [3.63, 3.8) is 0 Å². The van der Waals surface area contributed by atoms with E-state index in [4.69, 9.17) is 0 Å². The number of phenolic OH excluding ortho intramolecular Hbond substituents is 2. The van der Waals surface area contributed by atoms with Crippen LogP contribution >= 0.6 is 0 Å². The quantitative estimate of drug-likeness (QED) is 0.775. The number of hydrogen-bond donors (Lipinski definition) is 3. The zero-order valence-corrected chi connectivity index (χ0v) is 9.69. The van der Waals surface area contributed by atoms with E-state index in [2.05, 4.69) is 0 Å². The Morgan fingerprint density at radius 3 is 2.06 bits per heavy atom. The Kier molecular flexibility index (Phi) is 3.65. The molecule has 0 bridgehead atoms. The molecule has 0 amide bonds. The molecule has 0 fully saturated rings. The van der Waals surface area contributed by atoms with Crippen LogP contribution in [-0.2, 0) is 0 Å². The number of phenols is 2. The minimum atomic E-state index is -1.05. The minimum Gasteiger partial charge on any atom is -0.507 e. The first-order valence-electron chi connectivity index (χ1n) is 5.60. The molecule has 0 aliphatic rings. The third-order valence-electron chi connectivity index (χ3n) is 2.63. The minimum absolute atomic E-state index is 0.115. The van der Waals surface area contributed by atoms with Gasteiger partial charge in [-0.1, -0.05) is 48.6 Å². The summed E-state index contributed by atoms with van der Waals surface area (Å²) in [4.78, 5) is 0. The Labute approximate surface area is 105 Å². The molecule has 1 atom stereocenters. The Hall–Kier alpha value is -2.26. The number of rotatable bonds is 3. The highest BCUT2D eigenvalue weighted by molar-refractivity contribution is 5.53. The van der Waals surface area contributed by atoms with Crippen LogP contribution in [0, 0.1) is 0 Å². The van der Waals surface area contributed by atoms with Crippen molar-refractivity contribution in [3.8, 4) is 11.5 Å². The van der Waals surface area contributed by atoms with Crippen LogP contribution in [0.5, 0.6) is 11.5 Å². The molecule has 0 aliphatic carbocycles. The van der Waals surface area contributed by atoms with Crippen LogP contribution in [0.3, 0.4) is 0 Å². The molecular weight excluding hydrogens is 228 g/mol. The van der Waals surface area contributed by atoms with E-state index in [0.717, 1.165) is 5.56 Å². The van der Waals surface area contributed by atoms with Crippen molar-refractivity contribution in [2.75, 3.05) is 0 Å². The first kappa shape index (κ1) is 12.2. The van der Waals surface area contributed by atoms with E-state index in [0.29, 0.717) is 0 Å². The van der Waals surface area contributed by atoms with Gasteiger partial charge < -0.3 is 15.3 Å². The largest absolute Gasteiger partial charge is 0.507 e. The van der Waals surface area contributed by atoms with E-state index in [9.17, 15) is 15.3 Å². The summed E-state index contributed by atoms with van der Waals surface area (Å²) in [5.41, 5.74) is 1.05. The summed E-state index contributed by atoms with van der Waals surface area (Å²) in [6.07, 6.45) is 2.20. The van der Waals surface area contributed by atoms with Gasteiger partial charge in [0.1, 0.15) is 17.6 Å². The van der Waals surface area contributed by atoms with Gasteiger partial charge in [-0.3, -0.25) is 0 Å². The second-order valence-corrected chi connectivity index (χ2v) is 3.92. The Balaban J connectivity index is 2.22. The second-order valence-electron chi connectivity index (χ2n) is 3.92. The third kappa shape index (κ3) is 2.70. The number of aliphatic hydroxyl groups is 1. The van der Waals surface area contributed by atoms with Gasteiger partial charge >= 0.3 is 0 Å². The highest BCUT2D eigenvalue weighted by atomic mass is 16.3. The van der Waals surface area contributed by atoms with Gasteiger partial charge in [-0.15, -0.1) is 0 Å². The second kappa shape index (κ2) is 5.38. The highest BCUT2D eigenvalue weighted by Gasteiger charge is 2.13. The third-order valence-corrected chi connectivity index (χ3v) is 2.63. The molecule has 3 N–H and O–H groups in total. The maximum atomic E-state index is 9.94. The topological polar surface area (TPSA) is 60.7 Å². The Morgan fingerprint density at radius 1 is 0.833 bits per heavy atom. The molecule has 0 aromatic heterocycles. The van der Waals surface area contributed by atoms with E-state index >= 15 is 0 Å². The zero-order valence-electron chi connectivity index (χ0n) is 9.69. The van der Waals surface area contributed by atoms with E-state index in [1.165, 1.54) is 24.3 Å². The first-order valence-corrected chi connectivity index (χ1v) is 5.60. The molecule has 18 heavy (non-hydrogen) atoms. The molecule has 0 aliphatic heterocycles. The van der Waals surface area contributed by atoms with Crippen LogP contribution in [0.1, 0.15) is 17.2 Å². The normalized spacial score (nSPS) is 12.7. The molecule has 92 valence electrons. The summed E-state index contributed by atoms with van der Waals surface area (Å²) in [5, 5.41) is 29.1. The van der Waals surface area contributed by atoms with Gasteiger partial charge in [-0.05, 0) is 17.7 Å². The maximum absolute atomic E-state index is 9.94. The molecule has 0 spiro atoms. The van der Waals surface area contributed by atoms with Crippen LogP contribution in [0.4, 0.5) is 0 Å². The fraction of sp³-hybridized carbons (Fsp3) is 0.0667. The average Bonchev–Trinajstić information content (AvgIpc) is 2.37. The zero-order chi connectivity index (χ0) is 13.0. The summed E-state index contributed by atoms with van der Waals surface area (Å²) in [5.74, 6) is -0.250. The van der Waals surface area contributed by atoms with E-state index in [1.807, 2.05) is 30.3 Å². The molecule has 3 nitrogen and oxygen atoms in total. The number of benzene rings is 2. The Morgan fingerprint density at radius 2 is 1.44 bits per heavy atom. The van der Waals surface area contributed by atoms with Crippen molar-refractivity contribution in [3.05, 3.63) is 65.7 Å². The van der Waals surface area contributed by atoms with Gasteiger partial charge in [0.05, 0.1) is 5.56 Å². The number of hydrogen-bond acceptors (Lipinski definition) is 3. The van der Waals surface area contributed by atoms with Crippen LogP contribution in [0.2, 0.25) is 0 Å². The van der Waals surface area contributed by atoms with E-state index in [-0.39, 0.29) is 17.1 Å². The standard InChI is InChI=1S/C15H14O3/c16-12-7-4-8-13(17)15(12)14(18)10-9-11-5-2-1-3-6-11/h1-10,14,16-18H. The summed E-state index contributed by atoms with van der Waals surface area (Å²) >= 11 is 0. The van der Waals surface area contributed by atoms with Crippen LogP contribution in [-0.4, -0.2) is 15.3 Å². The molecule has 0 saturated heterocycles. The molecule has 3 heteroatoms. The summed E-state index contributed by atoms with van der Waals surface area (Å²) in [7, 11) is 0. The van der Waals surface area contributed by atoms with Crippen LogP contribution < -0.4 is 0 Å². The van der Waals surface area contributed by atoms with Crippen molar-refractivity contribution in [1.29, 1.82) is 0 Å². The van der Waals surface area contributed by atoms with Crippen molar-refractivity contribution in [2.45, 2.75) is 6.10 Å². The molecule has 2 rings (SSSR count). The van der Waals surface area contributed by atoms with Gasteiger partial charge in [-0.25, -0.2) is 0 Å². The maximum Gasteiger partial charge on any atom is 0.125 e. The number of aromatic hydroxyl groups is 2. The predicted octanol–water partition coefficient (Wildman–Crippen LogP) is 2.84. The molecule has 2 aromatic carbocycles. The van der Waals surface area contributed by atoms with Crippen molar-refractivity contribution >= 4 is 6.08 Å². The number of aliphatic hydroxyl groups excluding tert-OH is 1. The molecule has 0 radical (unpaired) electrons. The van der Waals surface area contributed by atoms with Crippen LogP contribution in [0.25, 0.3) is 6.08 Å². The van der Waals surface area contributed by atoms with Crippen molar-refractivity contribution in [2.24, 2.45) is 0 Å². The first-order chi connectivity index (χ1) is 8.68. The monoisotopic (exact) mass is 242 g/mol. The fourth-order valence-electron chi connectivity index (χ4n) is 1.71. The Bertz CT molecular complexity index is 527. The lowest BCUT2D eigenvalue weighted by Gasteiger charge is -2.10. The molecule has 2 aromatic rings. The lowest BCUT2D eigenvalue weighted by Crippen LogP contribution is -1.94. The van der Waals surface area contributed by atoms with E-state index < -0.39 is 6.10 Å². The van der Waals surface area contributed by atoms with Gasteiger partial charge in [0, 0.05) is 0 Å². The molecule has 0 saturated carbocycles. The van der Waals surface area contributed by atoms with Crippen molar-refractivity contribution in [1.82, 2.24) is 0 Å². The highest BCUT2D eigenvalue weighted by Crippen LogP contribution is 2.33. The average molecular weight is 242 g/mol. The molecular formula is C15H14O3. The van der Waals surface area contributed by atoms with Crippen molar-refractivity contribution < 1.29 is 15.3 Å². The van der Waals surface area contributed by atoms with E-state index in [1.54, 1.807) is 6.08 Å².